The van der Waals surface area contributed by atoms with Gasteiger partial charge in [-0.15, -0.1) is 0 Å². The average molecular weight is 438 g/mol. The van der Waals surface area contributed by atoms with Crippen molar-refractivity contribution >= 4 is 39.8 Å². The SMILES string of the molecule is Cc1cc(Nc2ccc(NC(=O)c3ccc4ccccc4c3)cc2)nc(N2CCCCC2)n1. The van der Waals surface area contributed by atoms with Crippen molar-refractivity contribution in [3.8, 4) is 0 Å². The Balaban J connectivity index is 1.26. The molecule has 166 valence electrons. The fourth-order valence-corrected chi connectivity index (χ4v) is 4.17. The minimum atomic E-state index is -0.126. The maximum absolute atomic E-state index is 12.7. The third-order valence-corrected chi connectivity index (χ3v) is 5.91. The van der Waals surface area contributed by atoms with Gasteiger partial charge in [-0.05, 0) is 73.4 Å². The van der Waals surface area contributed by atoms with Crippen LogP contribution in [0.4, 0.5) is 23.1 Å². The first kappa shape index (κ1) is 20.9. The Kier molecular flexibility index (Phi) is 5.89. The largest absolute Gasteiger partial charge is 0.341 e. The van der Waals surface area contributed by atoms with Crippen LogP contribution in [0.1, 0.15) is 35.3 Å². The van der Waals surface area contributed by atoms with E-state index in [0.717, 1.165) is 52.7 Å². The number of anilines is 4. The lowest BCUT2D eigenvalue weighted by Crippen LogP contribution is -2.31. The monoisotopic (exact) mass is 437 g/mol. The van der Waals surface area contributed by atoms with E-state index in [4.69, 9.17) is 4.98 Å². The van der Waals surface area contributed by atoms with Crippen LogP contribution in [0.15, 0.2) is 72.8 Å². The van der Waals surface area contributed by atoms with Gasteiger partial charge in [0.05, 0.1) is 0 Å². The van der Waals surface area contributed by atoms with E-state index in [1.54, 1.807) is 0 Å². The molecule has 1 aliphatic rings. The number of carbonyl (C=O) groups is 1. The van der Waals surface area contributed by atoms with Crippen molar-refractivity contribution in [2.75, 3.05) is 28.6 Å². The topological polar surface area (TPSA) is 70.2 Å². The summed E-state index contributed by atoms with van der Waals surface area (Å²) in [5, 5.41) is 8.51. The molecule has 0 unspecified atom stereocenters. The molecule has 2 N–H and O–H groups in total. The fraction of sp³-hybridized carbons (Fsp3) is 0.222. The van der Waals surface area contributed by atoms with E-state index in [2.05, 4.69) is 20.5 Å². The molecule has 1 fully saturated rings. The lowest BCUT2D eigenvalue weighted by atomic mass is 10.1. The number of nitrogens with one attached hydrogen (secondary N) is 2. The number of aromatic nitrogens is 2. The summed E-state index contributed by atoms with van der Waals surface area (Å²) >= 11 is 0. The number of amides is 1. The van der Waals surface area contributed by atoms with Crippen molar-refractivity contribution in [2.24, 2.45) is 0 Å². The smallest absolute Gasteiger partial charge is 0.255 e. The summed E-state index contributed by atoms with van der Waals surface area (Å²) in [6.07, 6.45) is 3.65. The molecule has 33 heavy (non-hydrogen) atoms. The van der Waals surface area contributed by atoms with Gasteiger partial charge in [0.2, 0.25) is 5.95 Å². The second kappa shape index (κ2) is 9.28. The molecule has 0 saturated carbocycles. The van der Waals surface area contributed by atoms with E-state index in [1.807, 2.05) is 79.7 Å². The van der Waals surface area contributed by atoms with Crippen molar-refractivity contribution in [2.45, 2.75) is 26.2 Å². The zero-order valence-corrected chi connectivity index (χ0v) is 18.7. The fourth-order valence-electron chi connectivity index (χ4n) is 4.17. The van der Waals surface area contributed by atoms with Crippen molar-refractivity contribution in [1.29, 1.82) is 0 Å². The number of piperidine rings is 1. The Morgan fingerprint density at radius 3 is 2.33 bits per heavy atom. The molecule has 0 aliphatic carbocycles. The van der Waals surface area contributed by atoms with E-state index >= 15 is 0 Å². The normalized spacial score (nSPS) is 13.7. The van der Waals surface area contributed by atoms with Crippen molar-refractivity contribution in [3.05, 3.63) is 84.1 Å². The van der Waals surface area contributed by atoms with Crippen LogP contribution < -0.4 is 15.5 Å². The summed E-state index contributed by atoms with van der Waals surface area (Å²) in [5.74, 6) is 1.44. The highest BCUT2D eigenvalue weighted by Crippen LogP contribution is 2.23. The molecular formula is C27H27N5O. The first-order valence-electron chi connectivity index (χ1n) is 11.4. The van der Waals surface area contributed by atoms with Gasteiger partial charge >= 0.3 is 0 Å². The first-order chi connectivity index (χ1) is 16.1. The maximum atomic E-state index is 12.7. The lowest BCUT2D eigenvalue weighted by Gasteiger charge is -2.27. The number of hydrogen-bond donors (Lipinski definition) is 2. The van der Waals surface area contributed by atoms with Crippen molar-refractivity contribution < 1.29 is 4.79 Å². The van der Waals surface area contributed by atoms with Gasteiger partial charge in [-0.3, -0.25) is 4.79 Å². The van der Waals surface area contributed by atoms with E-state index in [0.29, 0.717) is 5.56 Å². The molecule has 1 amide bonds. The minimum Gasteiger partial charge on any atom is -0.341 e. The molecule has 6 heteroatoms. The van der Waals surface area contributed by atoms with Crippen LogP contribution in [0.25, 0.3) is 10.8 Å². The second-order valence-electron chi connectivity index (χ2n) is 8.46. The van der Waals surface area contributed by atoms with Crippen LogP contribution in [0, 0.1) is 6.92 Å². The van der Waals surface area contributed by atoms with Gasteiger partial charge in [-0.25, -0.2) is 4.98 Å². The predicted octanol–water partition coefficient (Wildman–Crippen LogP) is 5.92. The summed E-state index contributed by atoms with van der Waals surface area (Å²) in [6, 6.07) is 23.4. The number of nitrogens with zero attached hydrogens (tertiary/aromatic N) is 3. The molecule has 4 aromatic rings. The zero-order chi connectivity index (χ0) is 22.6. The highest BCUT2D eigenvalue weighted by molar-refractivity contribution is 6.06. The maximum Gasteiger partial charge on any atom is 0.255 e. The van der Waals surface area contributed by atoms with Gasteiger partial charge in [0.1, 0.15) is 5.82 Å². The number of benzene rings is 3. The molecule has 0 radical (unpaired) electrons. The molecule has 5 rings (SSSR count). The Bertz CT molecular complexity index is 1280. The van der Waals surface area contributed by atoms with E-state index in [-0.39, 0.29) is 5.91 Å². The second-order valence-corrected chi connectivity index (χ2v) is 8.46. The molecule has 6 nitrogen and oxygen atoms in total. The standard InChI is InChI=1S/C27H27N5O/c1-19-17-25(31-27(28-19)32-15-5-2-6-16-32)29-23-11-13-24(14-12-23)30-26(33)22-10-9-20-7-3-4-8-21(20)18-22/h3-4,7-14,17-18H,2,5-6,15-16H2,1H3,(H,30,33)(H,28,29,31). The average Bonchev–Trinajstić information content (AvgIpc) is 2.85. The van der Waals surface area contributed by atoms with Crippen LogP contribution in [0.2, 0.25) is 0 Å². The summed E-state index contributed by atoms with van der Waals surface area (Å²) in [7, 11) is 0. The third-order valence-electron chi connectivity index (χ3n) is 5.91. The van der Waals surface area contributed by atoms with Crippen molar-refractivity contribution in [3.63, 3.8) is 0 Å². The van der Waals surface area contributed by atoms with Gasteiger partial charge in [-0.1, -0.05) is 30.3 Å². The first-order valence-corrected chi connectivity index (χ1v) is 11.4. The van der Waals surface area contributed by atoms with Crippen LogP contribution in [0.3, 0.4) is 0 Å². The van der Waals surface area contributed by atoms with Crippen LogP contribution >= 0.6 is 0 Å². The third kappa shape index (κ3) is 4.95. The Hall–Kier alpha value is -3.93. The lowest BCUT2D eigenvalue weighted by molar-refractivity contribution is 0.102. The Morgan fingerprint density at radius 1 is 0.818 bits per heavy atom. The van der Waals surface area contributed by atoms with Crippen LogP contribution in [0.5, 0.6) is 0 Å². The molecular weight excluding hydrogens is 410 g/mol. The van der Waals surface area contributed by atoms with Crippen LogP contribution in [-0.2, 0) is 0 Å². The molecule has 1 aliphatic heterocycles. The molecule has 2 heterocycles. The highest BCUT2D eigenvalue weighted by atomic mass is 16.1. The molecule has 1 saturated heterocycles. The van der Waals surface area contributed by atoms with Gasteiger partial charge in [0.15, 0.2) is 0 Å². The van der Waals surface area contributed by atoms with Gasteiger partial charge in [0, 0.05) is 41.8 Å². The molecule has 0 bridgehead atoms. The van der Waals surface area contributed by atoms with E-state index in [1.165, 1.54) is 19.3 Å². The molecule has 0 spiro atoms. The summed E-state index contributed by atoms with van der Waals surface area (Å²) in [4.78, 5) is 24.3. The number of fused-ring (bicyclic) bond motifs is 1. The highest BCUT2D eigenvalue weighted by Gasteiger charge is 2.15. The molecule has 1 aromatic heterocycles. The predicted molar refractivity (Wildman–Crippen MR) is 134 cm³/mol. The molecule has 3 aromatic carbocycles. The Labute approximate surface area is 193 Å². The number of rotatable bonds is 5. The summed E-state index contributed by atoms with van der Waals surface area (Å²) in [5.41, 5.74) is 3.22. The van der Waals surface area contributed by atoms with E-state index < -0.39 is 0 Å². The quantitative estimate of drug-likeness (QED) is 0.405. The number of hydrogen-bond acceptors (Lipinski definition) is 5. The summed E-state index contributed by atoms with van der Waals surface area (Å²) < 4.78 is 0. The van der Waals surface area contributed by atoms with Crippen molar-refractivity contribution in [1.82, 2.24) is 9.97 Å². The zero-order valence-electron chi connectivity index (χ0n) is 18.7. The van der Waals surface area contributed by atoms with Crippen LogP contribution in [-0.4, -0.2) is 29.0 Å². The number of aryl methyl sites for hydroxylation is 1. The van der Waals surface area contributed by atoms with E-state index in [9.17, 15) is 4.79 Å². The number of carbonyl (C=O) groups excluding carboxylic acids is 1. The minimum absolute atomic E-state index is 0.126. The van der Waals surface area contributed by atoms with Gasteiger partial charge in [0.25, 0.3) is 5.91 Å². The van der Waals surface area contributed by atoms with Gasteiger partial charge in [-0.2, -0.15) is 4.98 Å². The summed E-state index contributed by atoms with van der Waals surface area (Å²) in [6.45, 7) is 4.01. The Morgan fingerprint density at radius 2 is 1.55 bits per heavy atom. The van der Waals surface area contributed by atoms with Gasteiger partial charge < -0.3 is 15.5 Å². The molecule has 0 atom stereocenters.